The maximum atomic E-state index is 5.48. The summed E-state index contributed by atoms with van der Waals surface area (Å²) in [5.41, 5.74) is 0. The second-order valence-electron chi connectivity index (χ2n) is 7.82. The van der Waals surface area contributed by atoms with Crippen molar-refractivity contribution in [2.75, 3.05) is 33.3 Å². The fourth-order valence-corrected chi connectivity index (χ4v) is 4.24. The Morgan fingerprint density at radius 3 is 2.05 bits per heavy atom. The zero-order valence-electron chi connectivity index (χ0n) is 15.4. The van der Waals surface area contributed by atoms with Crippen LogP contribution in [0.1, 0.15) is 65.7 Å². The third-order valence-corrected chi connectivity index (χ3v) is 6.06. The van der Waals surface area contributed by atoms with E-state index < -0.39 is 0 Å². The number of methoxy groups -OCH3 is 1. The highest BCUT2D eigenvalue weighted by Crippen LogP contribution is 2.29. The van der Waals surface area contributed by atoms with Gasteiger partial charge in [-0.2, -0.15) is 0 Å². The fourth-order valence-electron chi connectivity index (χ4n) is 4.24. The molecule has 2 fully saturated rings. The van der Waals surface area contributed by atoms with Crippen molar-refractivity contribution in [3.63, 3.8) is 0 Å². The minimum Gasteiger partial charge on any atom is -0.381 e. The highest BCUT2D eigenvalue weighted by molar-refractivity contribution is 4.79. The van der Waals surface area contributed by atoms with Crippen LogP contribution in [0.4, 0.5) is 0 Å². The van der Waals surface area contributed by atoms with Crippen LogP contribution in [-0.2, 0) is 4.74 Å². The van der Waals surface area contributed by atoms with Gasteiger partial charge in [0, 0.05) is 45.4 Å². The number of hydrogen-bond acceptors (Lipinski definition) is 3. The highest BCUT2D eigenvalue weighted by Gasteiger charge is 2.23. The predicted octanol–water partition coefficient (Wildman–Crippen LogP) is 3.78. The Bertz CT molecular complexity index is 292. The molecule has 1 aliphatic heterocycles. The average molecular weight is 311 g/mol. The Labute approximate surface area is 138 Å². The lowest BCUT2D eigenvalue weighted by molar-refractivity contribution is 0.0538. The molecular formula is C19H38N2O. The summed E-state index contributed by atoms with van der Waals surface area (Å²) in [5.74, 6) is 0.969. The third-order valence-electron chi connectivity index (χ3n) is 6.06. The van der Waals surface area contributed by atoms with E-state index in [0.717, 1.165) is 12.0 Å². The zero-order chi connectivity index (χ0) is 15.9. The van der Waals surface area contributed by atoms with Crippen LogP contribution in [0, 0.1) is 5.92 Å². The molecule has 0 radical (unpaired) electrons. The van der Waals surface area contributed by atoms with Gasteiger partial charge in [0.1, 0.15) is 0 Å². The van der Waals surface area contributed by atoms with Gasteiger partial charge in [-0.25, -0.2) is 0 Å². The predicted molar refractivity (Wildman–Crippen MR) is 94.4 cm³/mol. The second kappa shape index (κ2) is 9.24. The molecule has 0 aromatic carbocycles. The molecule has 0 N–H and O–H groups in total. The Morgan fingerprint density at radius 2 is 1.50 bits per heavy atom. The Hall–Kier alpha value is -0.120. The van der Waals surface area contributed by atoms with Crippen LogP contribution < -0.4 is 0 Å². The molecule has 0 bridgehead atoms. The maximum absolute atomic E-state index is 5.48. The number of ether oxygens (including phenoxy) is 1. The Balaban J connectivity index is 1.57. The van der Waals surface area contributed by atoms with Crippen LogP contribution in [0.2, 0.25) is 0 Å². The first kappa shape index (κ1) is 18.2. The minimum absolute atomic E-state index is 0.549. The van der Waals surface area contributed by atoms with E-state index >= 15 is 0 Å². The van der Waals surface area contributed by atoms with Crippen LogP contribution in [0.25, 0.3) is 0 Å². The number of hydrogen-bond donors (Lipinski definition) is 0. The van der Waals surface area contributed by atoms with Crippen molar-refractivity contribution in [3.05, 3.63) is 0 Å². The fraction of sp³-hybridized carbons (Fsp3) is 1.00. The van der Waals surface area contributed by atoms with Gasteiger partial charge in [0.25, 0.3) is 0 Å². The van der Waals surface area contributed by atoms with Gasteiger partial charge in [-0.15, -0.1) is 0 Å². The first-order valence-electron chi connectivity index (χ1n) is 9.61. The molecule has 0 unspecified atom stereocenters. The molecule has 1 saturated heterocycles. The quantitative estimate of drug-likeness (QED) is 0.712. The molecule has 3 heteroatoms. The molecule has 1 heterocycles. The lowest BCUT2D eigenvalue weighted by Gasteiger charge is -2.40. The molecule has 0 aromatic heterocycles. The molecule has 2 aliphatic rings. The van der Waals surface area contributed by atoms with Gasteiger partial charge < -0.3 is 4.74 Å². The van der Waals surface area contributed by atoms with Crippen molar-refractivity contribution in [2.24, 2.45) is 5.92 Å². The molecule has 22 heavy (non-hydrogen) atoms. The molecule has 2 rings (SSSR count). The van der Waals surface area contributed by atoms with E-state index in [2.05, 4.69) is 30.6 Å². The van der Waals surface area contributed by atoms with E-state index in [4.69, 9.17) is 4.74 Å². The summed E-state index contributed by atoms with van der Waals surface area (Å²) in [5, 5.41) is 0. The first-order valence-corrected chi connectivity index (χ1v) is 9.61. The summed E-state index contributed by atoms with van der Waals surface area (Å²) >= 11 is 0. The monoisotopic (exact) mass is 310 g/mol. The first-order chi connectivity index (χ1) is 10.6. The van der Waals surface area contributed by atoms with E-state index in [9.17, 15) is 0 Å². The van der Waals surface area contributed by atoms with Crippen molar-refractivity contribution in [1.82, 2.24) is 9.80 Å². The smallest absolute Gasteiger partial charge is 0.0571 e. The van der Waals surface area contributed by atoms with E-state index in [-0.39, 0.29) is 0 Å². The van der Waals surface area contributed by atoms with Gasteiger partial charge in [-0.05, 0) is 58.8 Å². The standard InChI is InChI=1S/C19H38N2O/c1-16(2)20-12-14-21(15-13-20)17(3)6-5-7-18-8-10-19(22-4)11-9-18/h16-19H,5-15H2,1-4H3/t17-,18?,19?/m0/s1. The molecular weight excluding hydrogens is 272 g/mol. The molecule has 0 aromatic rings. The maximum Gasteiger partial charge on any atom is 0.0571 e. The lowest BCUT2D eigenvalue weighted by Crippen LogP contribution is -2.51. The van der Waals surface area contributed by atoms with Crippen molar-refractivity contribution < 1.29 is 4.74 Å². The van der Waals surface area contributed by atoms with E-state index in [1.807, 2.05) is 7.11 Å². The summed E-state index contributed by atoms with van der Waals surface area (Å²) in [6, 6.07) is 1.48. The third kappa shape index (κ3) is 5.50. The normalized spacial score (nSPS) is 29.9. The van der Waals surface area contributed by atoms with Crippen molar-refractivity contribution in [2.45, 2.75) is 83.9 Å². The van der Waals surface area contributed by atoms with E-state index in [1.54, 1.807) is 0 Å². The van der Waals surface area contributed by atoms with Gasteiger partial charge in [-0.1, -0.05) is 12.8 Å². The van der Waals surface area contributed by atoms with Crippen molar-refractivity contribution in [1.29, 1.82) is 0 Å². The summed E-state index contributed by atoms with van der Waals surface area (Å²) in [7, 11) is 1.87. The second-order valence-corrected chi connectivity index (χ2v) is 7.82. The van der Waals surface area contributed by atoms with E-state index in [0.29, 0.717) is 12.1 Å². The Kier molecular flexibility index (Phi) is 7.66. The van der Waals surface area contributed by atoms with Crippen LogP contribution in [-0.4, -0.2) is 61.3 Å². The summed E-state index contributed by atoms with van der Waals surface area (Å²) < 4.78 is 5.48. The van der Waals surface area contributed by atoms with Crippen LogP contribution >= 0.6 is 0 Å². The zero-order valence-corrected chi connectivity index (χ0v) is 15.4. The number of rotatable bonds is 7. The van der Waals surface area contributed by atoms with Crippen LogP contribution in [0.15, 0.2) is 0 Å². The Morgan fingerprint density at radius 1 is 0.909 bits per heavy atom. The van der Waals surface area contributed by atoms with Gasteiger partial charge in [0.05, 0.1) is 6.10 Å². The summed E-state index contributed by atoms with van der Waals surface area (Å²) in [6.45, 7) is 12.1. The molecule has 1 saturated carbocycles. The molecule has 130 valence electrons. The van der Waals surface area contributed by atoms with Gasteiger partial charge in [0.2, 0.25) is 0 Å². The topological polar surface area (TPSA) is 15.7 Å². The minimum atomic E-state index is 0.549. The summed E-state index contributed by atoms with van der Waals surface area (Å²) in [6.07, 6.45) is 10.1. The largest absolute Gasteiger partial charge is 0.381 e. The molecule has 1 aliphatic carbocycles. The van der Waals surface area contributed by atoms with E-state index in [1.165, 1.54) is 71.1 Å². The van der Waals surface area contributed by atoms with Gasteiger partial charge in [0.15, 0.2) is 0 Å². The van der Waals surface area contributed by atoms with Crippen LogP contribution in [0.3, 0.4) is 0 Å². The molecule has 0 amide bonds. The molecule has 3 nitrogen and oxygen atoms in total. The van der Waals surface area contributed by atoms with Gasteiger partial charge >= 0.3 is 0 Å². The summed E-state index contributed by atoms with van der Waals surface area (Å²) in [4.78, 5) is 5.32. The molecule has 1 atom stereocenters. The SMILES string of the molecule is COC1CCC(CCC[C@H](C)N2CCN(C(C)C)CC2)CC1. The number of piperazine rings is 1. The molecule has 0 spiro atoms. The van der Waals surface area contributed by atoms with Crippen LogP contribution in [0.5, 0.6) is 0 Å². The lowest BCUT2D eigenvalue weighted by atomic mass is 9.84. The van der Waals surface area contributed by atoms with Gasteiger partial charge in [-0.3, -0.25) is 9.80 Å². The highest BCUT2D eigenvalue weighted by atomic mass is 16.5. The van der Waals surface area contributed by atoms with Crippen molar-refractivity contribution >= 4 is 0 Å². The van der Waals surface area contributed by atoms with Crippen molar-refractivity contribution in [3.8, 4) is 0 Å². The number of nitrogens with zero attached hydrogens (tertiary/aromatic N) is 2. The average Bonchev–Trinajstić information content (AvgIpc) is 2.55.